The van der Waals surface area contributed by atoms with Gasteiger partial charge < -0.3 is 10.2 Å². The first kappa shape index (κ1) is 18.4. The van der Waals surface area contributed by atoms with Crippen LogP contribution >= 0.6 is 11.8 Å². The Morgan fingerprint density at radius 1 is 1.04 bits per heavy atom. The number of furan rings is 1. The first-order valence-electron chi connectivity index (χ1n) is 8.45. The van der Waals surface area contributed by atoms with Crippen LogP contribution in [0.1, 0.15) is 5.56 Å². The van der Waals surface area contributed by atoms with Gasteiger partial charge in [0.25, 0.3) is 10.0 Å². The summed E-state index contributed by atoms with van der Waals surface area (Å²) >= 11 is 1.43. The van der Waals surface area contributed by atoms with E-state index in [4.69, 9.17) is 10.2 Å². The lowest BCUT2D eigenvalue weighted by molar-refractivity contribution is 0.484. The van der Waals surface area contributed by atoms with Crippen LogP contribution in [0.25, 0.3) is 11.0 Å². The molecule has 0 aliphatic carbocycles. The van der Waals surface area contributed by atoms with Crippen molar-refractivity contribution in [3.63, 3.8) is 0 Å². The third-order valence-electron chi connectivity index (χ3n) is 4.01. The standard InChI is InChI=1S/C20H17N3O3S2/c21-16-7-3-5-14(11-16)13-27-20-17(8-4-10-22-20)23-28(24,25)19-12-15-6-1-2-9-18(15)26-19/h1-12,23H,13,21H2. The van der Waals surface area contributed by atoms with Gasteiger partial charge in [0.1, 0.15) is 10.6 Å². The molecule has 2 aromatic carbocycles. The molecular weight excluding hydrogens is 394 g/mol. The largest absolute Gasteiger partial charge is 0.443 e. The number of aromatic nitrogens is 1. The van der Waals surface area contributed by atoms with Gasteiger partial charge in [-0.3, -0.25) is 4.72 Å². The summed E-state index contributed by atoms with van der Waals surface area (Å²) in [6.45, 7) is 0. The maximum atomic E-state index is 12.8. The Morgan fingerprint density at radius 3 is 2.71 bits per heavy atom. The van der Waals surface area contributed by atoms with E-state index in [9.17, 15) is 8.42 Å². The van der Waals surface area contributed by atoms with Gasteiger partial charge in [-0.1, -0.05) is 42.1 Å². The van der Waals surface area contributed by atoms with Gasteiger partial charge in [0.05, 0.1) is 5.69 Å². The zero-order valence-corrected chi connectivity index (χ0v) is 16.3. The molecule has 0 spiro atoms. The van der Waals surface area contributed by atoms with Crippen molar-refractivity contribution >= 4 is 44.1 Å². The summed E-state index contributed by atoms with van der Waals surface area (Å²) in [5.74, 6) is 0.613. The normalized spacial score (nSPS) is 11.6. The highest BCUT2D eigenvalue weighted by Gasteiger charge is 2.21. The van der Waals surface area contributed by atoms with Crippen LogP contribution in [0.3, 0.4) is 0 Å². The van der Waals surface area contributed by atoms with Gasteiger partial charge in [-0.05, 0) is 35.9 Å². The first-order chi connectivity index (χ1) is 13.5. The van der Waals surface area contributed by atoms with Crippen molar-refractivity contribution in [2.75, 3.05) is 10.5 Å². The van der Waals surface area contributed by atoms with Gasteiger partial charge >= 0.3 is 0 Å². The fourth-order valence-corrected chi connectivity index (χ4v) is 4.70. The second-order valence-corrected chi connectivity index (χ2v) is 8.68. The molecule has 28 heavy (non-hydrogen) atoms. The summed E-state index contributed by atoms with van der Waals surface area (Å²) in [7, 11) is -3.88. The predicted molar refractivity (Wildman–Crippen MR) is 112 cm³/mol. The van der Waals surface area contributed by atoms with E-state index < -0.39 is 10.0 Å². The molecule has 0 bridgehead atoms. The number of hydrogen-bond donors (Lipinski definition) is 2. The molecule has 3 N–H and O–H groups in total. The summed E-state index contributed by atoms with van der Waals surface area (Å²) in [6.07, 6.45) is 1.63. The minimum atomic E-state index is -3.88. The van der Waals surface area contributed by atoms with Gasteiger partial charge in [-0.2, -0.15) is 8.42 Å². The number of thioether (sulfide) groups is 1. The molecule has 2 heterocycles. The molecule has 0 atom stereocenters. The van der Waals surface area contributed by atoms with E-state index in [1.165, 1.54) is 17.8 Å². The number of nitrogen functional groups attached to an aromatic ring is 1. The van der Waals surface area contributed by atoms with Gasteiger partial charge in [0, 0.05) is 29.1 Å². The van der Waals surface area contributed by atoms with Crippen LogP contribution in [0.2, 0.25) is 0 Å². The summed E-state index contributed by atoms with van der Waals surface area (Å²) in [5.41, 5.74) is 8.44. The first-order valence-corrected chi connectivity index (χ1v) is 10.9. The minimum absolute atomic E-state index is 0.135. The van der Waals surface area contributed by atoms with Crippen LogP contribution in [0, 0.1) is 0 Å². The number of sulfonamides is 1. The molecule has 0 aliphatic rings. The van der Waals surface area contributed by atoms with Crippen LogP contribution < -0.4 is 10.5 Å². The van der Waals surface area contributed by atoms with Crippen molar-refractivity contribution in [3.8, 4) is 0 Å². The number of anilines is 2. The molecule has 0 amide bonds. The second-order valence-electron chi connectivity index (χ2n) is 6.10. The SMILES string of the molecule is Nc1cccc(CSc2ncccc2NS(=O)(=O)c2cc3ccccc3o2)c1. The number of rotatable bonds is 6. The maximum Gasteiger partial charge on any atom is 0.295 e. The zero-order chi connectivity index (χ0) is 19.6. The van der Waals surface area contributed by atoms with Crippen LogP contribution in [0.4, 0.5) is 11.4 Å². The average Bonchev–Trinajstić information content (AvgIpc) is 3.12. The highest BCUT2D eigenvalue weighted by atomic mass is 32.2. The van der Waals surface area contributed by atoms with Crippen molar-refractivity contribution in [2.45, 2.75) is 15.9 Å². The van der Waals surface area contributed by atoms with Crippen LogP contribution in [-0.4, -0.2) is 13.4 Å². The summed E-state index contributed by atoms with van der Waals surface area (Å²) < 4.78 is 33.6. The molecule has 0 aliphatic heterocycles. The van der Waals surface area contributed by atoms with E-state index in [0.29, 0.717) is 27.7 Å². The van der Waals surface area contributed by atoms with Gasteiger partial charge in [-0.25, -0.2) is 4.98 Å². The monoisotopic (exact) mass is 411 g/mol. The molecule has 8 heteroatoms. The number of nitrogens with zero attached hydrogens (tertiary/aromatic N) is 1. The Morgan fingerprint density at radius 2 is 1.89 bits per heavy atom. The quantitative estimate of drug-likeness (QED) is 0.358. The van der Waals surface area contributed by atoms with Crippen molar-refractivity contribution < 1.29 is 12.8 Å². The maximum absolute atomic E-state index is 12.8. The van der Waals surface area contributed by atoms with Crippen LogP contribution in [0.15, 0.2) is 87.5 Å². The summed E-state index contributed by atoms with van der Waals surface area (Å²) in [4.78, 5) is 4.31. The highest BCUT2D eigenvalue weighted by molar-refractivity contribution is 7.98. The fourth-order valence-electron chi connectivity index (χ4n) is 2.70. The minimum Gasteiger partial charge on any atom is -0.443 e. The van der Waals surface area contributed by atoms with Crippen molar-refractivity contribution in [2.24, 2.45) is 0 Å². The van der Waals surface area contributed by atoms with Crippen molar-refractivity contribution in [1.29, 1.82) is 0 Å². The van der Waals surface area contributed by atoms with E-state index >= 15 is 0 Å². The van der Waals surface area contributed by atoms with E-state index in [0.717, 1.165) is 10.9 Å². The molecule has 0 radical (unpaired) electrons. The molecule has 0 saturated carbocycles. The lowest BCUT2D eigenvalue weighted by Gasteiger charge is -2.10. The average molecular weight is 412 g/mol. The molecule has 6 nitrogen and oxygen atoms in total. The van der Waals surface area contributed by atoms with E-state index in [1.807, 2.05) is 30.3 Å². The Kier molecular flexibility index (Phi) is 4.97. The Labute approximate surface area is 166 Å². The molecule has 2 aromatic heterocycles. The lowest BCUT2D eigenvalue weighted by Crippen LogP contribution is -2.13. The smallest absolute Gasteiger partial charge is 0.295 e. The number of nitrogens with two attached hydrogens (primary N) is 1. The van der Waals surface area contributed by atoms with Gasteiger partial charge in [0.2, 0.25) is 5.09 Å². The van der Waals surface area contributed by atoms with Crippen molar-refractivity contribution in [3.05, 3.63) is 78.5 Å². The van der Waals surface area contributed by atoms with E-state index in [-0.39, 0.29) is 5.09 Å². The summed E-state index contributed by atoms with van der Waals surface area (Å²) in [6, 6.07) is 19.6. The van der Waals surface area contributed by atoms with Crippen LogP contribution in [-0.2, 0) is 15.8 Å². The number of hydrogen-bond acceptors (Lipinski definition) is 6. The molecule has 0 saturated heterocycles. The second kappa shape index (κ2) is 7.57. The van der Waals surface area contributed by atoms with Crippen LogP contribution in [0.5, 0.6) is 0 Å². The molecule has 0 fully saturated rings. The van der Waals surface area contributed by atoms with Crippen molar-refractivity contribution in [1.82, 2.24) is 4.98 Å². The molecular formula is C20H17N3O3S2. The number of fused-ring (bicyclic) bond motifs is 1. The topological polar surface area (TPSA) is 98.2 Å². The molecule has 142 valence electrons. The Balaban J connectivity index is 1.57. The molecule has 4 rings (SSSR count). The predicted octanol–water partition coefficient (Wildman–Crippen LogP) is 4.50. The fraction of sp³-hybridized carbons (Fsp3) is 0.0500. The lowest BCUT2D eigenvalue weighted by atomic mass is 10.2. The number of pyridine rings is 1. The van der Waals surface area contributed by atoms with Gasteiger partial charge in [0.15, 0.2) is 0 Å². The number of para-hydroxylation sites is 1. The zero-order valence-electron chi connectivity index (χ0n) is 14.7. The third kappa shape index (κ3) is 3.97. The van der Waals surface area contributed by atoms with E-state index in [1.54, 1.807) is 36.5 Å². The number of benzene rings is 2. The Bertz CT molecular complexity index is 1200. The highest BCUT2D eigenvalue weighted by Crippen LogP contribution is 2.31. The third-order valence-corrected chi connectivity index (χ3v) is 6.31. The Hall–Kier alpha value is -2.97. The number of nitrogens with one attached hydrogen (secondary N) is 1. The van der Waals surface area contributed by atoms with E-state index in [2.05, 4.69) is 9.71 Å². The van der Waals surface area contributed by atoms with Gasteiger partial charge in [-0.15, -0.1) is 0 Å². The molecule has 4 aromatic rings. The molecule has 0 unspecified atom stereocenters. The summed E-state index contributed by atoms with van der Waals surface area (Å²) in [5, 5.41) is 1.17.